The number of ether oxygens (including phenoxy) is 1. The minimum atomic E-state index is -0.158. The van der Waals surface area contributed by atoms with E-state index in [0.29, 0.717) is 10.8 Å². The molecule has 0 bridgehead atoms. The monoisotopic (exact) mass is 241 g/mol. The Kier molecular flexibility index (Phi) is 3.63. The average Bonchev–Trinajstić information content (AvgIpc) is 2.74. The Labute approximate surface area is 99.9 Å². The van der Waals surface area contributed by atoms with E-state index in [1.807, 2.05) is 0 Å². The number of hydrogen-bond donors (Lipinski definition) is 2. The highest BCUT2D eigenvalue weighted by atomic mass is 35.5. The van der Waals surface area contributed by atoms with Gasteiger partial charge >= 0.3 is 0 Å². The Balaban J connectivity index is 2.07. The van der Waals surface area contributed by atoms with Gasteiger partial charge in [-0.25, -0.2) is 4.98 Å². The highest BCUT2D eigenvalue weighted by Crippen LogP contribution is 2.27. The largest absolute Gasteiger partial charge is 0.383 e. The molecule has 0 saturated carbocycles. The summed E-state index contributed by atoms with van der Waals surface area (Å²) in [6, 6.07) is 1.62. The van der Waals surface area contributed by atoms with Gasteiger partial charge < -0.3 is 16.2 Å². The molecule has 16 heavy (non-hydrogen) atoms. The quantitative estimate of drug-likeness (QED) is 0.848. The van der Waals surface area contributed by atoms with Crippen LogP contribution in [0.25, 0.3) is 0 Å². The van der Waals surface area contributed by atoms with Crippen LogP contribution in [0.4, 0.5) is 5.82 Å². The molecule has 0 radical (unpaired) electrons. The number of rotatable bonds is 3. The van der Waals surface area contributed by atoms with Crippen molar-refractivity contribution in [1.29, 1.82) is 0 Å². The first-order valence-corrected chi connectivity index (χ1v) is 5.82. The van der Waals surface area contributed by atoms with Gasteiger partial charge in [0.25, 0.3) is 0 Å². The highest BCUT2D eigenvalue weighted by Gasteiger charge is 2.21. The Hall–Kier alpha value is -0.840. The zero-order valence-electron chi connectivity index (χ0n) is 9.03. The number of nitrogens with two attached hydrogens (primary N) is 2. The van der Waals surface area contributed by atoms with Gasteiger partial charge in [-0.1, -0.05) is 11.6 Å². The minimum absolute atomic E-state index is 0.158. The van der Waals surface area contributed by atoms with Crippen molar-refractivity contribution in [3.63, 3.8) is 0 Å². The normalized spacial score (nSPS) is 22.2. The molecule has 1 aliphatic heterocycles. The maximum atomic E-state index is 6.09. The van der Waals surface area contributed by atoms with Crippen molar-refractivity contribution in [3.05, 3.63) is 22.8 Å². The van der Waals surface area contributed by atoms with Crippen LogP contribution in [0.2, 0.25) is 5.02 Å². The van der Waals surface area contributed by atoms with E-state index in [-0.39, 0.29) is 12.1 Å². The summed E-state index contributed by atoms with van der Waals surface area (Å²) in [5.74, 6) is 0.454. The molecule has 2 atom stereocenters. The maximum Gasteiger partial charge on any atom is 0.128 e. The highest BCUT2D eigenvalue weighted by molar-refractivity contribution is 6.30. The number of nitrogen functional groups attached to an aromatic ring is 1. The number of aromatic nitrogens is 1. The Morgan fingerprint density at radius 1 is 1.62 bits per heavy atom. The molecule has 88 valence electrons. The van der Waals surface area contributed by atoms with E-state index in [1.165, 1.54) is 6.20 Å². The second-order valence-electron chi connectivity index (χ2n) is 4.11. The first kappa shape index (κ1) is 11.6. The summed E-state index contributed by atoms with van der Waals surface area (Å²) in [4.78, 5) is 4.00. The standard InChI is InChI=1S/C11H16ClN3O/c12-7-4-9(11(14)15-6-7)10(13)5-8-2-1-3-16-8/h4,6,8,10H,1-3,5,13H2,(H2,14,15). The van der Waals surface area contributed by atoms with Crippen molar-refractivity contribution in [2.45, 2.75) is 31.4 Å². The van der Waals surface area contributed by atoms with Crippen LogP contribution in [-0.2, 0) is 4.74 Å². The molecule has 4 nitrogen and oxygen atoms in total. The fourth-order valence-electron chi connectivity index (χ4n) is 2.00. The predicted octanol–water partition coefficient (Wildman–Crippen LogP) is 1.89. The van der Waals surface area contributed by atoms with Crippen molar-refractivity contribution in [1.82, 2.24) is 4.98 Å². The number of hydrogen-bond acceptors (Lipinski definition) is 4. The van der Waals surface area contributed by atoms with Crippen LogP contribution in [0, 0.1) is 0 Å². The van der Waals surface area contributed by atoms with Crippen LogP contribution in [0.1, 0.15) is 30.9 Å². The molecule has 2 unspecified atom stereocenters. The molecule has 2 heterocycles. The Morgan fingerprint density at radius 2 is 2.44 bits per heavy atom. The third kappa shape index (κ3) is 2.64. The molecular weight excluding hydrogens is 226 g/mol. The van der Waals surface area contributed by atoms with Gasteiger partial charge in [-0.2, -0.15) is 0 Å². The van der Waals surface area contributed by atoms with Gasteiger partial charge in [-0.05, 0) is 25.3 Å². The van der Waals surface area contributed by atoms with E-state index in [1.54, 1.807) is 6.07 Å². The van der Waals surface area contributed by atoms with E-state index in [0.717, 1.165) is 31.4 Å². The maximum absolute atomic E-state index is 6.09. The smallest absolute Gasteiger partial charge is 0.128 e. The lowest BCUT2D eigenvalue weighted by molar-refractivity contribution is 0.0984. The Bertz CT molecular complexity index is 366. The molecule has 1 aromatic rings. The van der Waals surface area contributed by atoms with Gasteiger partial charge in [0.1, 0.15) is 5.82 Å². The number of pyridine rings is 1. The van der Waals surface area contributed by atoms with Crippen LogP contribution in [0.5, 0.6) is 0 Å². The third-order valence-corrected chi connectivity index (χ3v) is 3.06. The van der Waals surface area contributed by atoms with Gasteiger partial charge in [0, 0.05) is 24.4 Å². The number of nitrogens with zero attached hydrogens (tertiary/aromatic N) is 1. The van der Waals surface area contributed by atoms with E-state index < -0.39 is 0 Å². The molecule has 5 heteroatoms. The van der Waals surface area contributed by atoms with Gasteiger partial charge in [0.05, 0.1) is 11.1 Å². The number of anilines is 1. The summed E-state index contributed by atoms with van der Waals surface area (Å²) in [5.41, 5.74) is 12.7. The summed E-state index contributed by atoms with van der Waals surface area (Å²) in [6.07, 6.45) is 4.72. The summed E-state index contributed by atoms with van der Waals surface area (Å²) in [7, 11) is 0. The fraction of sp³-hybridized carbons (Fsp3) is 0.545. The topological polar surface area (TPSA) is 74.2 Å². The Morgan fingerprint density at radius 3 is 3.12 bits per heavy atom. The van der Waals surface area contributed by atoms with Gasteiger partial charge in [0.15, 0.2) is 0 Å². The average molecular weight is 242 g/mol. The van der Waals surface area contributed by atoms with Crippen LogP contribution < -0.4 is 11.5 Å². The van der Waals surface area contributed by atoms with Crippen molar-refractivity contribution in [3.8, 4) is 0 Å². The molecule has 1 aromatic heterocycles. The second kappa shape index (κ2) is 4.99. The summed E-state index contributed by atoms with van der Waals surface area (Å²) >= 11 is 5.87. The van der Waals surface area contributed by atoms with Crippen LogP contribution in [0.3, 0.4) is 0 Å². The van der Waals surface area contributed by atoms with E-state index in [2.05, 4.69) is 4.98 Å². The summed E-state index contributed by atoms with van der Waals surface area (Å²) < 4.78 is 5.54. The van der Waals surface area contributed by atoms with E-state index in [4.69, 9.17) is 27.8 Å². The molecule has 0 aliphatic carbocycles. The summed E-state index contributed by atoms with van der Waals surface area (Å²) in [6.45, 7) is 0.834. The zero-order chi connectivity index (χ0) is 11.5. The second-order valence-corrected chi connectivity index (χ2v) is 4.54. The molecule has 0 spiro atoms. The van der Waals surface area contributed by atoms with Gasteiger partial charge in [-0.15, -0.1) is 0 Å². The first-order chi connectivity index (χ1) is 7.66. The predicted molar refractivity (Wildman–Crippen MR) is 64.2 cm³/mol. The zero-order valence-corrected chi connectivity index (χ0v) is 9.78. The lowest BCUT2D eigenvalue weighted by atomic mass is 10.0. The van der Waals surface area contributed by atoms with Crippen LogP contribution in [-0.4, -0.2) is 17.7 Å². The number of halogens is 1. The fourth-order valence-corrected chi connectivity index (χ4v) is 2.17. The van der Waals surface area contributed by atoms with Crippen molar-refractivity contribution >= 4 is 17.4 Å². The third-order valence-electron chi connectivity index (χ3n) is 2.86. The molecule has 0 amide bonds. The molecule has 4 N–H and O–H groups in total. The SMILES string of the molecule is Nc1ncc(Cl)cc1C(N)CC1CCCO1. The minimum Gasteiger partial charge on any atom is -0.383 e. The molecule has 0 aromatic carbocycles. The molecule has 1 fully saturated rings. The van der Waals surface area contributed by atoms with E-state index >= 15 is 0 Å². The first-order valence-electron chi connectivity index (χ1n) is 5.45. The lowest BCUT2D eigenvalue weighted by Gasteiger charge is -2.17. The summed E-state index contributed by atoms with van der Waals surface area (Å²) in [5, 5.41) is 0.562. The molecule has 1 saturated heterocycles. The lowest BCUT2D eigenvalue weighted by Crippen LogP contribution is -2.19. The van der Waals surface area contributed by atoms with Crippen molar-refractivity contribution in [2.24, 2.45) is 5.73 Å². The van der Waals surface area contributed by atoms with Gasteiger partial charge in [-0.3, -0.25) is 0 Å². The van der Waals surface area contributed by atoms with Gasteiger partial charge in [0.2, 0.25) is 0 Å². The van der Waals surface area contributed by atoms with E-state index in [9.17, 15) is 0 Å². The van der Waals surface area contributed by atoms with Crippen molar-refractivity contribution in [2.75, 3.05) is 12.3 Å². The molecular formula is C11H16ClN3O. The van der Waals surface area contributed by atoms with Crippen LogP contribution in [0.15, 0.2) is 12.3 Å². The molecule has 1 aliphatic rings. The van der Waals surface area contributed by atoms with Crippen LogP contribution >= 0.6 is 11.6 Å². The molecule has 2 rings (SSSR count). The van der Waals surface area contributed by atoms with Crippen molar-refractivity contribution < 1.29 is 4.74 Å².